The molecule has 0 saturated carbocycles. The molecule has 1 amide bonds. The third-order valence-electron chi connectivity index (χ3n) is 5.01. The number of halogens is 1. The largest absolute Gasteiger partial charge is 0.493 e. The van der Waals surface area contributed by atoms with Crippen molar-refractivity contribution in [1.29, 1.82) is 0 Å². The van der Waals surface area contributed by atoms with Gasteiger partial charge in [-0.05, 0) is 42.7 Å². The van der Waals surface area contributed by atoms with Crippen LogP contribution in [0.4, 0.5) is 9.52 Å². The third kappa shape index (κ3) is 4.27. The Kier molecular flexibility index (Phi) is 5.65. The van der Waals surface area contributed by atoms with Crippen LogP contribution in [0.3, 0.4) is 0 Å². The van der Waals surface area contributed by atoms with Crippen molar-refractivity contribution in [2.24, 2.45) is 0 Å². The number of nitrogens with one attached hydrogen (secondary N) is 2. The quantitative estimate of drug-likeness (QED) is 0.580. The van der Waals surface area contributed by atoms with Gasteiger partial charge in [-0.25, -0.2) is 9.97 Å². The Morgan fingerprint density at radius 3 is 2.90 bits per heavy atom. The lowest BCUT2D eigenvalue weighted by molar-refractivity contribution is -0.117. The van der Waals surface area contributed by atoms with Gasteiger partial charge in [0.05, 0.1) is 7.11 Å². The minimum atomic E-state index is -0.630. The summed E-state index contributed by atoms with van der Waals surface area (Å²) in [6.07, 6.45) is 3.99. The summed E-state index contributed by atoms with van der Waals surface area (Å²) in [5.74, 6) is 0.532. The Morgan fingerprint density at radius 2 is 2.17 bits per heavy atom. The molecule has 156 valence electrons. The third-order valence-corrected chi connectivity index (χ3v) is 5.70. The van der Waals surface area contributed by atoms with E-state index in [4.69, 9.17) is 9.47 Å². The lowest BCUT2D eigenvalue weighted by atomic mass is 9.81. The van der Waals surface area contributed by atoms with E-state index in [1.54, 1.807) is 19.4 Å². The van der Waals surface area contributed by atoms with Crippen LogP contribution >= 0.6 is 11.3 Å². The maximum absolute atomic E-state index is 13.5. The molecule has 2 N–H and O–H groups in total. The smallest absolute Gasteiger partial charge is 0.228 e. The summed E-state index contributed by atoms with van der Waals surface area (Å²) in [5, 5.41) is 8.66. The van der Waals surface area contributed by atoms with Gasteiger partial charge in [-0.3, -0.25) is 4.79 Å². The minimum absolute atomic E-state index is 0.137. The van der Waals surface area contributed by atoms with E-state index in [1.165, 1.54) is 23.6 Å². The van der Waals surface area contributed by atoms with Crippen LogP contribution in [0.5, 0.6) is 17.2 Å². The number of fused-ring (bicyclic) bond motifs is 1. The van der Waals surface area contributed by atoms with E-state index in [1.807, 2.05) is 24.4 Å². The van der Waals surface area contributed by atoms with Gasteiger partial charge in [-0.2, -0.15) is 4.39 Å². The van der Waals surface area contributed by atoms with E-state index in [0.29, 0.717) is 22.4 Å². The number of thiazole rings is 1. The monoisotopic (exact) mass is 428 g/mol. The highest BCUT2D eigenvalue weighted by Crippen LogP contribution is 2.41. The summed E-state index contributed by atoms with van der Waals surface area (Å²) in [4.78, 5) is 20.3. The van der Waals surface area contributed by atoms with Gasteiger partial charge in [-0.1, -0.05) is 0 Å². The first-order valence-electron chi connectivity index (χ1n) is 9.42. The van der Waals surface area contributed by atoms with Crippen molar-refractivity contribution in [3.63, 3.8) is 0 Å². The summed E-state index contributed by atoms with van der Waals surface area (Å²) < 4.78 is 24.8. The highest BCUT2D eigenvalue weighted by molar-refractivity contribution is 7.13. The number of ether oxygens (including phenoxy) is 2. The second-order valence-corrected chi connectivity index (χ2v) is 8.04. The van der Waals surface area contributed by atoms with Crippen LogP contribution in [0.25, 0.3) is 0 Å². The number of aromatic nitrogens is 2. The molecule has 1 aromatic carbocycles. The zero-order valence-electron chi connectivity index (χ0n) is 16.6. The summed E-state index contributed by atoms with van der Waals surface area (Å²) in [6.45, 7) is 2.71. The Morgan fingerprint density at radius 1 is 1.30 bits per heavy atom. The second-order valence-electron chi connectivity index (χ2n) is 7.15. The summed E-state index contributed by atoms with van der Waals surface area (Å²) in [7, 11) is 1.56. The predicted octanol–water partition coefficient (Wildman–Crippen LogP) is 3.87. The topological polar surface area (TPSA) is 85.4 Å². The highest BCUT2D eigenvalue weighted by atomic mass is 32.1. The molecule has 9 heteroatoms. The molecular weight excluding hydrogens is 407 g/mol. The fourth-order valence-corrected chi connectivity index (χ4v) is 4.18. The number of amides is 1. The van der Waals surface area contributed by atoms with E-state index < -0.39 is 11.5 Å². The maximum Gasteiger partial charge on any atom is 0.228 e. The molecule has 1 atom stereocenters. The molecule has 1 aliphatic rings. The normalized spacial score (nSPS) is 17.8. The molecule has 0 spiro atoms. The molecule has 3 aromatic rings. The highest BCUT2D eigenvalue weighted by Gasteiger charge is 2.35. The van der Waals surface area contributed by atoms with Crippen molar-refractivity contribution in [3.05, 3.63) is 59.1 Å². The van der Waals surface area contributed by atoms with Crippen molar-refractivity contribution < 1.29 is 18.7 Å². The average Bonchev–Trinajstić information content (AvgIpc) is 3.21. The molecular formula is C21H21FN4O3S. The van der Waals surface area contributed by atoms with Gasteiger partial charge in [0.1, 0.15) is 5.75 Å². The molecule has 0 fully saturated rings. The van der Waals surface area contributed by atoms with Gasteiger partial charge in [0.25, 0.3) is 0 Å². The van der Waals surface area contributed by atoms with E-state index in [9.17, 15) is 9.18 Å². The molecule has 7 nitrogen and oxygen atoms in total. The van der Waals surface area contributed by atoms with Crippen molar-refractivity contribution in [2.75, 3.05) is 19.0 Å². The molecule has 3 heterocycles. The minimum Gasteiger partial charge on any atom is -0.493 e. The van der Waals surface area contributed by atoms with Gasteiger partial charge in [0, 0.05) is 42.3 Å². The Labute approximate surface area is 177 Å². The fraction of sp³-hybridized carbons (Fsp3) is 0.286. The Balaban J connectivity index is 1.64. The molecule has 0 aliphatic carbocycles. The summed E-state index contributed by atoms with van der Waals surface area (Å²) in [5.41, 5.74) is 1.40. The van der Waals surface area contributed by atoms with Crippen LogP contribution in [0, 0.1) is 5.95 Å². The van der Waals surface area contributed by atoms with Crippen molar-refractivity contribution in [1.82, 2.24) is 15.3 Å². The molecule has 1 aliphatic heterocycles. The SMILES string of the molecule is COc1cc2c(cc1Oc1ccnc(F)c1)[C@@](C)(CC(=O)Nc1nccs1)NCC2. The standard InChI is InChI=1S/C21H21FN4O3S/c1-21(12-19(27)26-20-24-7-8-30-20)15-11-17(29-14-4-5-23-18(22)10-14)16(28-2)9-13(15)3-6-25-21/h4-5,7-11,25H,3,6,12H2,1-2H3,(H,24,26,27)/t21-/m1/s1. The lowest BCUT2D eigenvalue weighted by Crippen LogP contribution is -2.47. The molecule has 4 rings (SSSR count). The number of benzene rings is 1. The van der Waals surface area contributed by atoms with Gasteiger partial charge in [-0.15, -0.1) is 11.3 Å². The first-order valence-corrected chi connectivity index (χ1v) is 10.3. The van der Waals surface area contributed by atoms with Crippen LogP contribution in [-0.2, 0) is 16.8 Å². The fourth-order valence-electron chi connectivity index (χ4n) is 3.63. The molecule has 2 aromatic heterocycles. The average molecular weight is 428 g/mol. The van der Waals surface area contributed by atoms with Crippen LogP contribution in [0.1, 0.15) is 24.5 Å². The lowest BCUT2D eigenvalue weighted by Gasteiger charge is -2.37. The number of methoxy groups -OCH3 is 1. The Hall–Kier alpha value is -3.04. The second kappa shape index (κ2) is 8.37. The van der Waals surface area contributed by atoms with E-state index in [-0.39, 0.29) is 12.3 Å². The number of hydrogen-bond donors (Lipinski definition) is 2. The van der Waals surface area contributed by atoms with Crippen molar-refractivity contribution >= 4 is 22.4 Å². The molecule has 0 saturated heterocycles. The number of pyridine rings is 1. The zero-order chi connectivity index (χ0) is 21.1. The first kappa shape index (κ1) is 20.2. The molecule has 0 unspecified atom stereocenters. The number of carbonyl (C=O) groups excluding carboxylic acids is 1. The van der Waals surface area contributed by atoms with Gasteiger partial charge in [0.15, 0.2) is 16.6 Å². The van der Waals surface area contributed by atoms with Crippen molar-refractivity contribution in [3.8, 4) is 17.2 Å². The Bertz CT molecular complexity index is 1060. The predicted molar refractivity (Wildman–Crippen MR) is 112 cm³/mol. The number of carbonyl (C=O) groups is 1. The van der Waals surface area contributed by atoms with E-state index in [2.05, 4.69) is 20.6 Å². The van der Waals surface area contributed by atoms with Crippen molar-refractivity contribution in [2.45, 2.75) is 25.3 Å². The maximum atomic E-state index is 13.5. The zero-order valence-corrected chi connectivity index (χ0v) is 17.4. The van der Waals surface area contributed by atoms with Gasteiger partial charge >= 0.3 is 0 Å². The first-order chi connectivity index (χ1) is 14.5. The summed E-state index contributed by atoms with van der Waals surface area (Å²) >= 11 is 1.37. The number of nitrogens with zero attached hydrogens (tertiary/aromatic N) is 2. The number of rotatable bonds is 6. The van der Waals surface area contributed by atoms with Crippen LogP contribution in [0.15, 0.2) is 42.0 Å². The summed E-state index contributed by atoms with van der Waals surface area (Å²) in [6, 6.07) is 6.55. The number of anilines is 1. The van der Waals surface area contributed by atoms with Crippen LogP contribution in [0.2, 0.25) is 0 Å². The van der Waals surface area contributed by atoms with E-state index in [0.717, 1.165) is 24.1 Å². The van der Waals surface area contributed by atoms with E-state index >= 15 is 0 Å². The molecule has 0 radical (unpaired) electrons. The van der Waals surface area contributed by atoms with Crippen LogP contribution in [-0.4, -0.2) is 29.5 Å². The van der Waals surface area contributed by atoms with Crippen LogP contribution < -0.4 is 20.1 Å². The number of hydrogen-bond acceptors (Lipinski definition) is 7. The molecule has 30 heavy (non-hydrogen) atoms. The van der Waals surface area contributed by atoms with Gasteiger partial charge < -0.3 is 20.1 Å². The molecule has 0 bridgehead atoms. The van der Waals surface area contributed by atoms with Gasteiger partial charge in [0.2, 0.25) is 11.9 Å².